The van der Waals surface area contributed by atoms with Crippen LogP contribution in [0.25, 0.3) is 21.8 Å². The van der Waals surface area contributed by atoms with Crippen molar-refractivity contribution in [2.24, 2.45) is 0 Å². The lowest BCUT2D eigenvalue weighted by atomic mass is 10.1. The summed E-state index contributed by atoms with van der Waals surface area (Å²) in [6.45, 7) is 2.03. The summed E-state index contributed by atoms with van der Waals surface area (Å²) in [5.41, 5.74) is 3.69. The Kier molecular flexibility index (Phi) is 5.24. The molecule has 1 amide bonds. The standard InChI is InChI=1S/C23H21N3O3/c1-2-29-23(28)17-8-4-6-10-20(17)26-22(27)12-11-15-13-18-16-7-3-5-9-19(16)25-21(18)14-24-15/h3-10,13-14,25H,2,11-12H2,1H3,(H,26,27). The van der Waals surface area contributed by atoms with Gasteiger partial charge in [-0.05, 0) is 37.6 Å². The summed E-state index contributed by atoms with van der Waals surface area (Å²) in [5.74, 6) is -0.627. The third-order valence-electron chi connectivity index (χ3n) is 4.75. The number of fused-ring (bicyclic) bond motifs is 3. The third kappa shape index (κ3) is 3.96. The van der Waals surface area contributed by atoms with E-state index in [-0.39, 0.29) is 18.9 Å². The van der Waals surface area contributed by atoms with E-state index in [1.807, 2.05) is 24.3 Å². The number of aryl methyl sites for hydroxylation is 1. The number of nitrogens with one attached hydrogen (secondary N) is 2. The SMILES string of the molecule is CCOC(=O)c1ccccc1NC(=O)CCc1cc2c(cn1)[nH]c1ccccc12. The van der Waals surface area contributed by atoms with Crippen LogP contribution in [-0.4, -0.2) is 28.5 Å². The van der Waals surface area contributed by atoms with Crippen molar-refractivity contribution in [3.05, 3.63) is 72.1 Å². The van der Waals surface area contributed by atoms with Crippen molar-refractivity contribution in [1.82, 2.24) is 9.97 Å². The van der Waals surface area contributed by atoms with E-state index in [4.69, 9.17) is 4.74 Å². The minimum absolute atomic E-state index is 0.178. The highest BCUT2D eigenvalue weighted by Gasteiger charge is 2.14. The van der Waals surface area contributed by atoms with Gasteiger partial charge in [0.25, 0.3) is 0 Å². The number of carbonyl (C=O) groups excluding carboxylic acids is 2. The Morgan fingerprint density at radius 1 is 1.03 bits per heavy atom. The molecule has 0 bridgehead atoms. The fraction of sp³-hybridized carbons (Fsp3) is 0.174. The molecule has 0 fully saturated rings. The first-order valence-electron chi connectivity index (χ1n) is 9.57. The second-order valence-electron chi connectivity index (χ2n) is 6.71. The maximum absolute atomic E-state index is 12.4. The van der Waals surface area contributed by atoms with E-state index in [2.05, 4.69) is 21.4 Å². The van der Waals surface area contributed by atoms with Gasteiger partial charge in [-0.25, -0.2) is 4.79 Å². The van der Waals surface area contributed by atoms with E-state index in [0.29, 0.717) is 17.7 Å². The molecule has 0 aliphatic rings. The highest BCUT2D eigenvalue weighted by Crippen LogP contribution is 2.25. The summed E-state index contributed by atoms with van der Waals surface area (Å²) in [5, 5.41) is 5.04. The van der Waals surface area contributed by atoms with Crippen LogP contribution in [0, 0.1) is 0 Å². The van der Waals surface area contributed by atoms with E-state index in [1.165, 1.54) is 0 Å². The number of anilines is 1. The van der Waals surface area contributed by atoms with Gasteiger partial charge in [-0.1, -0.05) is 30.3 Å². The first-order chi connectivity index (χ1) is 14.2. The molecule has 0 aliphatic heterocycles. The molecule has 0 saturated carbocycles. The van der Waals surface area contributed by atoms with Crippen LogP contribution in [0.15, 0.2) is 60.8 Å². The smallest absolute Gasteiger partial charge is 0.340 e. The molecule has 2 aromatic heterocycles. The third-order valence-corrected chi connectivity index (χ3v) is 4.75. The number of hydrogen-bond donors (Lipinski definition) is 2. The van der Waals surface area contributed by atoms with E-state index < -0.39 is 5.97 Å². The van der Waals surface area contributed by atoms with Crippen LogP contribution in [0.1, 0.15) is 29.4 Å². The number of benzene rings is 2. The summed E-state index contributed by atoms with van der Waals surface area (Å²) in [6, 6.07) is 17.0. The van der Waals surface area contributed by atoms with E-state index >= 15 is 0 Å². The molecule has 0 saturated heterocycles. The predicted molar refractivity (Wildman–Crippen MR) is 113 cm³/mol. The van der Waals surface area contributed by atoms with Crippen LogP contribution < -0.4 is 5.32 Å². The molecule has 2 aromatic carbocycles. The van der Waals surface area contributed by atoms with Crippen LogP contribution in [0.5, 0.6) is 0 Å². The molecule has 2 N–H and O–H groups in total. The molecule has 6 nitrogen and oxygen atoms in total. The van der Waals surface area contributed by atoms with Gasteiger partial charge in [-0.3, -0.25) is 9.78 Å². The second kappa shape index (κ2) is 8.14. The van der Waals surface area contributed by atoms with Crippen LogP contribution in [-0.2, 0) is 16.0 Å². The fourth-order valence-electron chi connectivity index (χ4n) is 3.36. The zero-order valence-electron chi connectivity index (χ0n) is 16.1. The Bertz CT molecular complexity index is 1200. The molecule has 0 unspecified atom stereocenters. The van der Waals surface area contributed by atoms with Gasteiger partial charge < -0.3 is 15.0 Å². The number of H-pyrrole nitrogens is 1. The fourth-order valence-corrected chi connectivity index (χ4v) is 3.36. The number of aromatic nitrogens is 2. The average Bonchev–Trinajstić information content (AvgIpc) is 3.11. The monoisotopic (exact) mass is 387 g/mol. The molecule has 29 heavy (non-hydrogen) atoms. The predicted octanol–water partition coefficient (Wildman–Crippen LogP) is 4.46. The van der Waals surface area contributed by atoms with Crippen molar-refractivity contribution in [3.63, 3.8) is 0 Å². The van der Waals surface area contributed by atoms with Crippen LogP contribution >= 0.6 is 0 Å². The lowest BCUT2D eigenvalue weighted by molar-refractivity contribution is -0.116. The number of hydrogen-bond acceptors (Lipinski definition) is 4. The van der Waals surface area contributed by atoms with Crippen molar-refractivity contribution in [3.8, 4) is 0 Å². The highest BCUT2D eigenvalue weighted by molar-refractivity contribution is 6.07. The molecule has 0 aliphatic carbocycles. The molecule has 146 valence electrons. The Hall–Kier alpha value is -3.67. The molecule has 2 heterocycles. The van der Waals surface area contributed by atoms with Gasteiger partial charge in [-0.15, -0.1) is 0 Å². The molecule has 0 spiro atoms. The van der Waals surface area contributed by atoms with Crippen molar-refractivity contribution in [2.45, 2.75) is 19.8 Å². The summed E-state index contributed by atoms with van der Waals surface area (Å²) in [4.78, 5) is 32.3. The normalized spacial score (nSPS) is 10.9. The van der Waals surface area contributed by atoms with Gasteiger partial charge in [-0.2, -0.15) is 0 Å². The molecular weight excluding hydrogens is 366 g/mol. The van der Waals surface area contributed by atoms with Gasteiger partial charge in [0, 0.05) is 28.4 Å². The van der Waals surface area contributed by atoms with Gasteiger partial charge in [0.1, 0.15) is 0 Å². The number of pyridine rings is 1. The number of esters is 1. The number of amides is 1. The van der Waals surface area contributed by atoms with Crippen molar-refractivity contribution in [1.29, 1.82) is 0 Å². The summed E-state index contributed by atoms with van der Waals surface area (Å²) in [7, 11) is 0. The highest BCUT2D eigenvalue weighted by atomic mass is 16.5. The molecule has 0 atom stereocenters. The Morgan fingerprint density at radius 3 is 2.69 bits per heavy atom. The maximum atomic E-state index is 12.4. The summed E-state index contributed by atoms with van der Waals surface area (Å²) in [6.07, 6.45) is 2.57. The minimum atomic E-state index is -0.449. The summed E-state index contributed by atoms with van der Waals surface area (Å²) < 4.78 is 5.04. The van der Waals surface area contributed by atoms with Gasteiger partial charge in [0.15, 0.2) is 0 Å². The van der Waals surface area contributed by atoms with Crippen LogP contribution in [0.2, 0.25) is 0 Å². The zero-order chi connectivity index (χ0) is 20.2. The lowest BCUT2D eigenvalue weighted by Gasteiger charge is -2.10. The second-order valence-corrected chi connectivity index (χ2v) is 6.71. The number of aromatic amines is 1. The lowest BCUT2D eigenvalue weighted by Crippen LogP contribution is -2.16. The van der Waals surface area contributed by atoms with Crippen molar-refractivity contribution in [2.75, 3.05) is 11.9 Å². The van der Waals surface area contributed by atoms with Gasteiger partial charge in [0.05, 0.1) is 29.6 Å². The van der Waals surface area contributed by atoms with E-state index in [9.17, 15) is 9.59 Å². The molecule has 4 aromatic rings. The van der Waals surface area contributed by atoms with E-state index in [0.717, 1.165) is 27.5 Å². The summed E-state index contributed by atoms with van der Waals surface area (Å²) >= 11 is 0. The van der Waals surface area contributed by atoms with E-state index in [1.54, 1.807) is 37.4 Å². The van der Waals surface area contributed by atoms with Gasteiger partial charge >= 0.3 is 5.97 Å². The largest absolute Gasteiger partial charge is 0.462 e. The molecule has 4 rings (SSSR count). The topological polar surface area (TPSA) is 84.1 Å². The molecule has 0 radical (unpaired) electrons. The first-order valence-corrected chi connectivity index (χ1v) is 9.57. The number of nitrogens with zero attached hydrogens (tertiary/aromatic N) is 1. The zero-order valence-corrected chi connectivity index (χ0v) is 16.1. The Labute approximate surface area is 167 Å². The average molecular weight is 387 g/mol. The van der Waals surface area contributed by atoms with Crippen molar-refractivity contribution >= 4 is 39.4 Å². The van der Waals surface area contributed by atoms with Crippen molar-refractivity contribution < 1.29 is 14.3 Å². The Morgan fingerprint density at radius 2 is 1.83 bits per heavy atom. The number of ether oxygens (including phenoxy) is 1. The molecular formula is C23H21N3O3. The number of carbonyl (C=O) groups is 2. The maximum Gasteiger partial charge on any atom is 0.340 e. The first kappa shape index (κ1) is 18.7. The quantitative estimate of drug-likeness (QED) is 0.478. The van der Waals surface area contributed by atoms with Gasteiger partial charge in [0.2, 0.25) is 5.91 Å². The number of rotatable bonds is 6. The minimum Gasteiger partial charge on any atom is -0.462 e. The Balaban J connectivity index is 1.46. The molecule has 6 heteroatoms. The van der Waals surface area contributed by atoms with Crippen LogP contribution in [0.4, 0.5) is 5.69 Å². The van der Waals surface area contributed by atoms with Crippen LogP contribution in [0.3, 0.4) is 0 Å². The number of para-hydroxylation sites is 2.